The number of benzene rings is 1. The minimum Gasteiger partial charge on any atom is -0.311 e. The smallest absolute Gasteiger partial charge is 0.256 e. The zero-order chi connectivity index (χ0) is 12.3. The number of rotatable bonds is 3. The van der Waals surface area contributed by atoms with E-state index in [9.17, 15) is 9.59 Å². The summed E-state index contributed by atoms with van der Waals surface area (Å²) in [7, 11) is 0. The highest BCUT2D eigenvalue weighted by Gasteiger charge is 2.08. The van der Waals surface area contributed by atoms with Gasteiger partial charge in [0, 0.05) is 22.7 Å². The lowest BCUT2D eigenvalue weighted by atomic mass is 10.1. The number of hydrogen-bond acceptors (Lipinski definition) is 5. The highest BCUT2D eigenvalue weighted by molar-refractivity contribution is 7.10. The minimum atomic E-state index is -0.244. The molecule has 0 aliphatic rings. The van der Waals surface area contributed by atoms with Gasteiger partial charge < -0.3 is 5.32 Å². The van der Waals surface area contributed by atoms with E-state index in [4.69, 9.17) is 0 Å². The van der Waals surface area contributed by atoms with E-state index >= 15 is 0 Å². The Labute approximate surface area is 102 Å². The first kappa shape index (κ1) is 11.4. The molecule has 0 radical (unpaired) electrons. The molecular weight excluding hydrogens is 238 g/mol. The molecule has 0 spiro atoms. The van der Waals surface area contributed by atoms with Crippen LogP contribution in [0.1, 0.15) is 27.6 Å². The number of nitrogens with zero attached hydrogens (tertiary/aromatic N) is 2. The van der Waals surface area contributed by atoms with Gasteiger partial charge in [-0.05, 0) is 19.1 Å². The van der Waals surface area contributed by atoms with Crippen LogP contribution >= 0.6 is 11.5 Å². The summed E-state index contributed by atoms with van der Waals surface area (Å²) in [5.74, 6) is -0.269. The van der Waals surface area contributed by atoms with Gasteiger partial charge in [-0.3, -0.25) is 9.59 Å². The molecule has 0 aliphatic carbocycles. The summed E-state index contributed by atoms with van der Waals surface area (Å²) in [6.45, 7) is 1.48. The van der Waals surface area contributed by atoms with Crippen LogP contribution in [0.3, 0.4) is 0 Å². The molecule has 86 valence electrons. The van der Waals surface area contributed by atoms with Crippen LogP contribution in [0.2, 0.25) is 0 Å². The van der Waals surface area contributed by atoms with E-state index in [-0.39, 0.29) is 11.7 Å². The van der Waals surface area contributed by atoms with Gasteiger partial charge in [0.25, 0.3) is 5.91 Å². The van der Waals surface area contributed by atoms with Crippen LogP contribution in [0.15, 0.2) is 30.5 Å². The van der Waals surface area contributed by atoms with Gasteiger partial charge in [0.15, 0.2) is 5.78 Å². The van der Waals surface area contributed by atoms with Crippen LogP contribution in [0.25, 0.3) is 0 Å². The van der Waals surface area contributed by atoms with E-state index in [2.05, 4.69) is 14.9 Å². The lowest BCUT2D eigenvalue weighted by molar-refractivity contribution is 0.101. The Morgan fingerprint density at radius 1 is 1.18 bits per heavy atom. The van der Waals surface area contributed by atoms with Gasteiger partial charge in [-0.1, -0.05) is 16.6 Å². The fourth-order valence-electron chi connectivity index (χ4n) is 1.26. The summed E-state index contributed by atoms with van der Waals surface area (Å²) in [6, 6.07) is 6.48. The van der Waals surface area contributed by atoms with Crippen molar-refractivity contribution in [2.24, 2.45) is 0 Å². The third-order valence-corrected chi connectivity index (χ3v) is 2.73. The summed E-state index contributed by atoms with van der Waals surface area (Å²) in [4.78, 5) is 22.8. The Hall–Kier alpha value is -2.08. The molecule has 1 aromatic carbocycles. The number of Topliss-reactive ketones (excluding diaryl/α,β-unsaturated/α-hetero) is 1. The largest absolute Gasteiger partial charge is 0.311 e. The topological polar surface area (TPSA) is 72.0 Å². The van der Waals surface area contributed by atoms with Gasteiger partial charge >= 0.3 is 0 Å². The fourth-order valence-corrected chi connectivity index (χ4v) is 1.68. The summed E-state index contributed by atoms with van der Waals surface area (Å²) in [6.07, 6.45) is 1.48. The van der Waals surface area contributed by atoms with Crippen molar-refractivity contribution in [3.8, 4) is 0 Å². The molecule has 0 fully saturated rings. The molecule has 2 aromatic rings. The third kappa shape index (κ3) is 2.73. The fraction of sp³-hybridized carbons (Fsp3) is 0.0909. The zero-order valence-electron chi connectivity index (χ0n) is 9.01. The summed E-state index contributed by atoms with van der Waals surface area (Å²) in [5.41, 5.74) is 1.07. The number of anilines is 1. The molecule has 0 atom stereocenters. The molecule has 1 amide bonds. The predicted octanol–water partition coefficient (Wildman–Crippen LogP) is 1.99. The number of carbonyl (C=O) groups excluding carboxylic acids is 2. The molecule has 6 heteroatoms. The normalized spacial score (nSPS) is 9.94. The Kier molecular flexibility index (Phi) is 3.24. The van der Waals surface area contributed by atoms with Crippen LogP contribution in [0.5, 0.6) is 0 Å². The molecule has 1 aromatic heterocycles. The minimum absolute atomic E-state index is 0.0244. The molecule has 1 heterocycles. The SMILES string of the molecule is CC(=O)c1ccc(C(=O)Nc2cnns2)cc1. The van der Waals surface area contributed by atoms with Crippen molar-refractivity contribution < 1.29 is 9.59 Å². The standard InChI is InChI=1S/C11H9N3O2S/c1-7(15)8-2-4-9(5-3-8)11(16)13-10-6-12-14-17-10/h2-6H,1H3,(H,13,16). The van der Waals surface area contributed by atoms with Crippen molar-refractivity contribution in [3.63, 3.8) is 0 Å². The molecule has 17 heavy (non-hydrogen) atoms. The molecule has 0 aliphatic heterocycles. The number of carbonyl (C=O) groups is 2. The van der Waals surface area contributed by atoms with E-state index in [0.29, 0.717) is 16.1 Å². The van der Waals surface area contributed by atoms with Gasteiger partial charge in [-0.2, -0.15) is 0 Å². The lowest BCUT2D eigenvalue weighted by Gasteiger charge is -2.02. The highest BCUT2D eigenvalue weighted by atomic mass is 32.1. The molecule has 0 saturated heterocycles. The molecule has 5 nitrogen and oxygen atoms in total. The molecule has 1 N–H and O–H groups in total. The van der Waals surface area contributed by atoms with E-state index in [1.54, 1.807) is 24.3 Å². The van der Waals surface area contributed by atoms with Gasteiger partial charge in [-0.15, -0.1) is 5.10 Å². The second-order valence-corrected chi connectivity index (χ2v) is 4.16. The van der Waals surface area contributed by atoms with Crippen molar-refractivity contribution >= 4 is 28.2 Å². The number of nitrogens with one attached hydrogen (secondary N) is 1. The Morgan fingerprint density at radius 2 is 1.82 bits per heavy atom. The summed E-state index contributed by atoms with van der Waals surface area (Å²) in [5, 5.41) is 6.86. The summed E-state index contributed by atoms with van der Waals surface area (Å²) >= 11 is 1.11. The maximum Gasteiger partial charge on any atom is 0.256 e. The first-order valence-electron chi connectivity index (χ1n) is 4.86. The van der Waals surface area contributed by atoms with Gasteiger partial charge in [0.05, 0.1) is 6.20 Å². The van der Waals surface area contributed by atoms with Crippen LogP contribution in [-0.2, 0) is 0 Å². The Bertz CT molecular complexity index is 534. The van der Waals surface area contributed by atoms with E-state index in [1.165, 1.54) is 13.1 Å². The second kappa shape index (κ2) is 4.84. The zero-order valence-corrected chi connectivity index (χ0v) is 9.82. The van der Waals surface area contributed by atoms with Crippen molar-refractivity contribution in [1.29, 1.82) is 0 Å². The number of aromatic nitrogens is 2. The van der Waals surface area contributed by atoms with Crippen molar-refractivity contribution in [1.82, 2.24) is 9.59 Å². The maximum absolute atomic E-state index is 11.7. The quantitative estimate of drug-likeness (QED) is 0.842. The van der Waals surface area contributed by atoms with Crippen molar-refractivity contribution in [2.75, 3.05) is 5.32 Å². The number of hydrogen-bond donors (Lipinski definition) is 1. The molecule has 0 unspecified atom stereocenters. The van der Waals surface area contributed by atoms with Gasteiger partial charge in [0.1, 0.15) is 5.00 Å². The average Bonchev–Trinajstić information content (AvgIpc) is 2.82. The maximum atomic E-state index is 11.7. The molecule has 2 rings (SSSR count). The van der Waals surface area contributed by atoms with Crippen LogP contribution in [0.4, 0.5) is 5.00 Å². The van der Waals surface area contributed by atoms with E-state index in [1.807, 2.05) is 0 Å². The molecule has 0 bridgehead atoms. The number of ketones is 1. The van der Waals surface area contributed by atoms with E-state index in [0.717, 1.165) is 11.5 Å². The van der Waals surface area contributed by atoms with E-state index < -0.39 is 0 Å². The van der Waals surface area contributed by atoms with Crippen molar-refractivity contribution in [3.05, 3.63) is 41.6 Å². The third-order valence-electron chi connectivity index (χ3n) is 2.15. The lowest BCUT2D eigenvalue weighted by Crippen LogP contribution is -2.11. The van der Waals surface area contributed by atoms with Crippen LogP contribution in [-0.4, -0.2) is 21.3 Å². The molecular formula is C11H9N3O2S. The second-order valence-electron chi connectivity index (χ2n) is 3.37. The van der Waals surface area contributed by atoms with Gasteiger partial charge in [0.2, 0.25) is 0 Å². The predicted molar refractivity (Wildman–Crippen MR) is 64.3 cm³/mol. The van der Waals surface area contributed by atoms with Gasteiger partial charge in [-0.25, -0.2) is 0 Å². The average molecular weight is 247 g/mol. The van der Waals surface area contributed by atoms with Crippen LogP contribution in [0, 0.1) is 0 Å². The summed E-state index contributed by atoms with van der Waals surface area (Å²) < 4.78 is 3.64. The highest BCUT2D eigenvalue weighted by Crippen LogP contribution is 2.12. The number of amides is 1. The Morgan fingerprint density at radius 3 is 2.35 bits per heavy atom. The van der Waals surface area contributed by atoms with Crippen molar-refractivity contribution in [2.45, 2.75) is 6.92 Å². The first-order valence-corrected chi connectivity index (χ1v) is 5.64. The monoisotopic (exact) mass is 247 g/mol. The van der Waals surface area contributed by atoms with Crippen LogP contribution < -0.4 is 5.32 Å². The Balaban J connectivity index is 2.12. The molecule has 0 saturated carbocycles. The first-order chi connectivity index (χ1) is 8.16.